The van der Waals surface area contributed by atoms with Gasteiger partial charge < -0.3 is 4.90 Å². The molecule has 12 heavy (non-hydrogen) atoms. The molecule has 2 nitrogen and oxygen atoms in total. The highest BCUT2D eigenvalue weighted by molar-refractivity contribution is 5.82. The molecule has 0 aromatic rings. The molecule has 0 aromatic carbocycles. The van der Waals surface area contributed by atoms with Gasteiger partial charge in [-0.1, -0.05) is 6.42 Å². The number of nitrogens with one attached hydrogen (secondary N) is 1. The van der Waals surface area contributed by atoms with Crippen LogP contribution in [0.1, 0.15) is 38.5 Å². The molecular formula is C10H18N2. The Labute approximate surface area is 74.5 Å². The van der Waals surface area contributed by atoms with Crippen LogP contribution in [0, 0.1) is 11.3 Å². The van der Waals surface area contributed by atoms with E-state index in [1.54, 1.807) is 0 Å². The van der Waals surface area contributed by atoms with Crippen LogP contribution in [-0.2, 0) is 0 Å². The van der Waals surface area contributed by atoms with E-state index in [0.29, 0.717) is 5.92 Å². The van der Waals surface area contributed by atoms with Gasteiger partial charge in [0, 0.05) is 19.0 Å². The number of hydrogen-bond donors (Lipinski definition) is 1. The van der Waals surface area contributed by atoms with Crippen LogP contribution in [-0.4, -0.2) is 23.8 Å². The Morgan fingerprint density at radius 3 is 2.17 bits per heavy atom. The molecule has 0 unspecified atom stereocenters. The third-order valence-electron chi connectivity index (χ3n) is 3.19. The largest absolute Gasteiger partial charge is 0.360 e. The van der Waals surface area contributed by atoms with E-state index in [9.17, 15) is 0 Å². The Morgan fingerprint density at radius 1 is 1.00 bits per heavy atom. The van der Waals surface area contributed by atoms with E-state index in [4.69, 9.17) is 5.41 Å². The van der Waals surface area contributed by atoms with Crippen molar-refractivity contribution in [2.45, 2.75) is 38.5 Å². The van der Waals surface area contributed by atoms with Crippen molar-refractivity contribution in [3.05, 3.63) is 0 Å². The first kappa shape index (κ1) is 8.09. The lowest BCUT2D eigenvalue weighted by Crippen LogP contribution is -2.41. The first-order chi connectivity index (χ1) is 5.88. The zero-order chi connectivity index (χ0) is 8.39. The molecule has 2 aliphatic rings. The predicted octanol–water partition coefficient (Wildman–Crippen LogP) is 2.25. The van der Waals surface area contributed by atoms with Crippen molar-refractivity contribution < 1.29 is 0 Å². The van der Waals surface area contributed by atoms with Gasteiger partial charge in [-0.3, -0.25) is 5.41 Å². The van der Waals surface area contributed by atoms with Crippen LogP contribution < -0.4 is 0 Å². The minimum absolute atomic E-state index is 0.628. The van der Waals surface area contributed by atoms with Gasteiger partial charge in [-0.05, 0) is 32.1 Å². The molecule has 0 aromatic heterocycles. The van der Waals surface area contributed by atoms with Crippen LogP contribution >= 0.6 is 0 Å². The van der Waals surface area contributed by atoms with Gasteiger partial charge in [-0.2, -0.15) is 0 Å². The number of likely N-dealkylation sites (tertiary alicyclic amines) is 1. The minimum atomic E-state index is 0.628. The quantitative estimate of drug-likeness (QED) is 0.469. The fraction of sp³-hybridized carbons (Fsp3) is 0.900. The normalized spacial score (nSPS) is 25.2. The van der Waals surface area contributed by atoms with Crippen molar-refractivity contribution >= 4 is 5.84 Å². The first-order valence-electron chi connectivity index (χ1n) is 5.21. The highest BCUT2D eigenvalue weighted by atomic mass is 15.2. The van der Waals surface area contributed by atoms with Gasteiger partial charge >= 0.3 is 0 Å². The Bertz CT molecular complexity index is 167. The Hall–Kier alpha value is -0.530. The molecule has 1 saturated carbocycles. The molecule has 0 atom stereocenters. The number of piperidine rings is 1. The standard InChI is InChI=1S/C10H18N2/c11-10(9-5-4-6-9)12-7-2-1-3-8-12/h9,11H,1-8H2. The van der Waals surface area contributed by atoms with Gasteiger partial charge in [-0.15, -0.1) is 0 Å². The number of amidine groups is 1. The lowest BCUT2D eigenvalue weighted by atomic mass is 9.83. The van der Waals surface area contributed by atoms with E-state index in [1.807, 2.05) is 0 Å². The Morgan fingerprint density at radius 2 is 1.67 bits per heavy atom. The third-order valence-corrected chi connectivity index (χ3v) is 3.19. The second-order valence-corrected chi connectivity index (χ2v) is 4.06. The first-order valence-corrected chi connectivity index (χ1v) is 5.21. The molecule has 2 fully saturated rings. The summed E-state index contributed by atoms with van der Waals surface area (Å²) in [6.45, 7) is 2.30. The maximum absolute atomic E-state index is 7.97. The topological polar surface area (TPSA) is 27.1 Å². The average molecular weight is 166 g/mol. The van der Waals surface area contributed by atoms with E-state index in [-0.39, 0.29) is 0 Å². The zero-order valence-electron chi connectivity index (χ0n) is 7.68. The molecule has 0 bridgehead atoms. The van der Waals surface area contributed by atoms with E-state index >= 15 is 0 Å². The third kappa shape index (κ3) is 1.47. The molecule has 2 rings (SSSR count). The molecule has 1 N–H and O–H groups in total. The lowest BCUT2D eigenvalue weighted by Gasteiger charge is -2.36. The molecule has 0 spiro atoms. The highest BCUT2D eigenvalue weighted by Crippen LogP contribution is 2.29. The predicted molar refractivity (Wildman–Crippen MR) is 50.5 cm³/mol. The average Bonchev–Trinajstić information content (AvgIpc) is 2.03. The van der Waals surface area contributed by atoms with Crippen LogP contribution in [0.25, 0.3) is 0 Å². The van der Waals surface area contributed by atoms with Crippen molar-refractivity contribution in [3.8, 4) is 0 Å². The summed E-state index contributed by atoms with van der Waals surface area (Å²) in [5.41, 5.74) is 0. The zero-order valence-corrected chi connectivity index (χ0v) is 7.68. The fourth-order valence-electron chi connectivity index (χ4n) is 2.07. The van der Waals surface area contributed by atoms with E-state index in [2.05, 4.69) is 4.90 Å². The molecule has 1 aliphatic carbocycles. The van der Waals surface area contributed by atoms with Crippen molar-refractivity contribution in [2.24, 2.45) is 5.92 Å². The second kappa shape index (κ2) is 3.46. The summed E-state index contributed by atoms with van der Waals surface area (Å²) >= 11 is 0. The summed E-state index contributed by atoms with van der Waals surface area (Å²) in [4.78, 5) is 2.30. The monoisotopic (exact) mass is 166 g/mol. The lowest BCUT2D eigenvalue weighted by molar-refractivity contribution is 0.294. The Balaban J connectivity index is 1.84. The number of rotatable bonds is 1. The SMILES string of the molecule is N=C(C1CCC1)N1CCCCC1. The van der Waals surface area contributed by atoms with Crippen molar-refractivity contribution in [1.82, 2.24) is 4.90 Å². The van der Waals surface area contributed by atoms with Crippen molar-refractivity contribution in [3.63, 3.8) is 0 Å². The van der Waals surface area contributed by atoms with E-state index in [0.717, 1.165) is 18.9 Å². The fourth-order valence-corrected chi connectivity index (χ4v) is 2.07. The summed E-state index contributed by atoms with van der Waals surface area (Å²) < 4.78 is 0. The highest BCUT2D eigenvalue weighted by Gasteiger charge is 2.26. The van der Waals surface area contributed by atoms with Crippen molar-refractivity contribution in [2.75, 3.05) is 13.1 Å². The summed E-state index contributed by atoms with van der Waals surface area (Å²) in [6, 6.07) is 0. The van der Waals surface area contributed by atoms with E-state index < -0.39 is 0 Å². The molecule has 2 heteroatoms. The van der Waals surface area contributed by atoms with Gasteiger partial charge in [0.2, 0.25) is 0 Å². The van der Waals surface area contributed by atoms with E-state index in [1.165, 1.54) is 38.5 Å². The van der Waals surface area contributed by atoms with Crippen LogP contribution in [0.15, 0.2) is 0 Å². The van der Waals surface area contributed by atoms with Gasteiger partial charge in [0.25, 0.3) is 0 Å². The molecule has 0 radical (unpaired) electrons. The van der Waals surface area contributed by atoms with Crippen LogP contribution in [0.5, 0.6) is 0 Å². The summed E-state index contributed by atoms with van der Waals surface area (Å²) in [7, 11) is 0. The maximum atomic E-state index is 7.97. The maximum Gasteiger partial charge on any atom is 0.0989 e. The van der Waals surface area contributed by atoms with Gasteiger partial charge in [0.15, 0.2) is 0 Å². The summed E-state index contributed by atoms with van der Waals surface area (Å²) in [5, 5.41) is 7.97. The number of nitrogens with zero attached hydrogens (tertiary/aromatic N) is 1. The second-order valence-electron chi connectivity index (χ2n) is 4.06. The van der Waals surface area contributed by atoms with Crippen molar-refractivity contribution in [1.29, 1.82) is 5.41 Å². The molecule has 0 amide bonds. The van der Waals surface area contributed by atoms with Crippen LogP contribution in [0.4, 0.5) is 0 Å². The smallest absolute Gasteiger partial charge is 0.0989 e. The van der Waals surface area contributed by atoms with Crippen LogP contribution in [0.3, 0.4) is 0 Å². The van der Waals surface area contributed by atoms with Gasteiger partial charge in [-0.25, -0.2) is 0 Å². The van der Waals surface area contributed by atoms with Gasteiger partial charge in [0.05, 0.1) is 5.84 Å². The molecule has 1 heterocycles. The number of hydrogen-bond acceptors (Lipinski definition) is 1. The summed E-state index contributed by atoms with van der Waals surface area (Å²) in [6.07, 6.45) is 7.87. The Kier molecular flexibility index (Phi) is 2.33. The molecule has 1 saturated heterocycles. The molecule has 68 valence electrons. The molecule has 1 aliphatic heterocycles. The molecular weight excluding hydrogens is 148 g/mol. The minimum Gasteiger partial charge on any atom is -0.360 e. The summed E-state index contributed by atoms with van der Waals surface area (Å²) in [5.74, 6) is 1.57. The van der Waals surface area contributed by atoms with Gasteiger partial charge in [0.1, 0.15) is 0 Å². The van der Waals surface area contributed by atoms with Crippen LogP contribution in [0.2, 0.25) is 0 Å².